The molecule has 0 saturated carbocycles. The molecular weight excluding hydrogens is 455 g/mol. The van der Waals surface area contributed by atoms with Crippen molar-refractivity contribution in [2.45, 2.75) is 13.5 Å². The number of benzene rings is 3. The lowest BCUT2D eigenvalue weighted by molar-refractivity contribution is 0.628. The summed E-state index contributed by atoms with van der Waals surface area (Å²) in [6, 6.07) is 23.4. The standard InChI is InChI=1S/C28H21FN6O/c1-17-7-2-5-12-23(17)35-21(14-18-8-3-4-11-22(18)28(35)36)15-34-27-24(26(30)31-16-32-27)25(33-34)19-9-6-10-20(29)13-19/h2-14,16H,15H2,1H3,(H2,30,31,32). The fourth-order valence-corrected chi connectivity index (χ4v) is 4.64. The lowest BCUT2D eigenvalue weighted by atomic mass is 10.1. The summed E-state index contributed by atoms with van der Waals surface area (Å²) in [4.78, 5) is 22.3. The van der Waals surface area contributed by atoms with E-state index in [-0.39, 0.29) is 23.7 Å². The van der Waals surface area contributed by atoms with Crippen LogP contribution in [0.15, 0.2) is 90.0 Å². The molecule has 3 heterocycles. The van der Waals surface area contributed by atoms with Crippen LogP contribution < -0.4 is 11.3 Å². The number of pyridine rings is 1. The summed E-state index contributed by atoms with van der Waals surface area (Å²) >= 11 is 0. The highest BCUT2D eigenvalue weighted by atomic mass is 19.1. The summed E-state index contributed by atoms with van der Waals surface area (Å²) in [5.41, 5.74) is 10.1. The quantitative estimate of drug-likeness (QED) is 0.392. The molecule has 0 aliphatic carbocycles. The molecule has 176 valence electrons. The molecule has 3 aromatic carbocycles. The molecule has 0 radical (unpaired) electrons. The second kappa shape index (κ2) is 8.42. The first-order valence-corrected chi connectivity index (χ1v) is 11.4. The summed E-state index contributed by atoms with van der Waals surface area (Å²) < 4.78 is 17.4. The second-order valence-corrected chi connectivity index (χ2v) is 8.62. The molecule has 0 spiro atoms. The molecule has 0 saturated heterocycles. The zero-order valence-corrected chi connectivity index (χ0v) is 19.4. The summed E-state index contributed by atoms with van der Waals surface area (Å²) in [6.45, 7) is 2.21. The van der Waals surface area contributed by atoms with E-state index in [4.69, 9.17) is 10.8 Å². The summed E-state index contributed by atoms with van der Waals surface area (Å²) in [7, 11) is 0. The fourth-order valence-electron chi connectivity index (χ4n) is 4.64. The minimum absolute atomic E-state index is 0.117. The highest BCUT2D eigenvalue weighted by Gasteiger charge is 2.20. The van der Waals surface area contributed by atoms with Crippen molar-refractivity contribution in [2.75, 3.05) is 5.73 Å². The lowest BCUT2D eigenvalue weighted by Gasteiger charge is -2.17. The van der Waals surface area contributed by atoms with Crippen molar-refractivity contribution in [1.29, 1.82) is 0 Å². The summed E-state index contributed by atoms with van der Waals surface area (Å²) in [5, 5.41) is 6.77. The molecule has 0 aliphatic rings. The van der Waals surface area contributed by atoms with Gasteiger partial charge in [-0.25, -0.2) is 19.0 Å². The molecule has 6 aromatic rings. The van der Waals surface area contributed by atoms with Crippen LogP contribution >= 0.6 is 0 Å². The molecule has 6 rings (SSSR count). The fraction of sp³-hybridized carbons (Fsp3) is 0.0714. The number of aryl methyl sites for hydroxylation is 1. The van der Waals surface area contributed by atoms with Crippen molar-refractivity contribution in [3.8, 4) is 16.9 Å². The Morgan fingerprint density at radius 2 is 1.75 bits per heavy atom. The molecule has 0 aliphatic heterocycles. The van der Waals surface area contributed by atoms with Gasteiger partial charge in [0, 0.05) is 16.6 Å². The number of rotatable bonds is 4. The molecule has 0 atom stereocenters. The number of hydrogen-bond acceptors (Lipinski definition) is 5. The largest absolute Gasteiger partial charge is 0.383 e. The van der Waals surface area contributed by atoms with Crippen molar-refractivity contribution in [1.82, 2.24) is 24.3 Å². The zero-order valence-electron chi connectivity index (χ0n) is 19.4. The van der Waals surface area contributed by atoms with Crippen molar-refractivity contribution in [3.63, 3.8) is 0 Å². The molecule has 7 nitrogen and oxygen atoms in total. The van der Waals surface area contributed by atoms with Crippen LogP contribution in [0.2, 0.25) is 0 Å². The first kappa shape index (κ1) is 21.7. The van der Waals surface area contributed by atoms with Gasteiger partial charge >= 0.3 is 0 Å². The van der Waals surface area contributed by atoms with Crippen LogP contribution in [-0.4, -0.2) is 24.3 Å². The van der Waals surface area contributed by atoms with Crippen molar-refractivity contribution < 1.29 is 4.39 Å². The highest BCUT2D eigenvalue weighted by Crippen LogP contribution is 2.31. The number of nitrogens with zero attached hydrogens (tertiary/aromatic N) is 5. The van der Waals surface area contributed by atoms with E-state index < -0.39 is 0 Å². The first-order chi connectivity index (χ1) is 17.5. The molecule has 0 amide bonds. The summed E-state index contributed by atoms with van der Waals surface area (Å²) in [6.07, 6.45) is 1.38. The zero-order chi connectivity index (χ0) is 24.8. The van der Waals surface area contributed by atoms with E-state index in [2.05, 4.69) is 9.97 Å². The van der Waals surface area contributed by atoms with E-state index in [1.165, 1.54) is 18.5 Å². The van der Waals surface area contributed by atoms with Crippen LogP contribution in [0.25, 0.3) is 38.8 Å². The van der Waals surface area contributed by atoms with Crippen LogP contribution in [0.4, 0.5) is 10.2 Å². The van der Waals surface area contributed by atoms with Gasteiger partial charge in [0.25, 0.3) is 5.56 Å². The van der Waals surface area contributed by atoms with Gasteiger partial charge in [0.1, 0.15) is 23.7 Å². The summed E-state index contributed by atoms with van der Waals surface area (Å²) in [5.74, 6) is -0.131. The van der Waals surface area contributed by atoms with Gasteiger partial charge in [-0.2, -0.15) is 5.10 Å². The Hall–Kier alpha value is -4.85. The molecule has 8 heteroatoms. The molecule has 0 bridgehead atoms. The number of anilines is 1. The maximum Gasteiger partial charge on any atom is 0.263 e. The van der Waals surface area contributed by atoms with Crippen LogP contribution in [0.5, 0.6) is 0 Å². The minimum Gasteiger partial charge on any atom is -0.383 e. The van der Waals surface area contributed by atoms with Gasteiger partial charge < -0.3 is 5.73 Å². The number of aromatic nitrogens is 5. The third-order valence-electron chi connectivity index (χ3n) is 6.33. The molecule has 0 fully saturated rings. The van der Waals surface area contributed by atoms with E-state index >= 15 is 0 Å². The topological polar surface area (TPSA) is 91.6 Å². The van der Waals surface area contributed by atoms with Crippen LogP contribution in [0.1, 0.15) is 11.3 Å². The SMILES string of the molecule is Cc1ccccc1-n1c(Cn2nc(-c3cccc(F)c3)c3c(N)ncnc32)cc2ccccc2c1=O. The Morgan fingerprint density at radius 3 is 2.58 bits per heavy atom. The van der Waals surface area contributed by atoms with Crippen LogP contribution in [0.3, 0.4) is 0 Å². The second-order valence-electron chi connectivity index (χ2n) is 8.62. The van der Waals surface area contributed by atoms with Gasteiger partial charge in [-0.1, -0.05) is 48.5 Å². The first-order valence-electron chi connectivity index (χ1n) is 11.4. The van der Waals surface area contributed by atoms with E-state index in [0.717, 1.165) is 22.3 Å². The van der Waals surface area contributed by atoms with Crippen LogP contribution in [0, 0.1) is 12.7 Å². The third-order valence-corrected chi connectivity index (χ3v) is 6.33. The maximum atomic E-state index is 14.0. The van der Waals surface area contributed by atoms with Crippen LogP contribution in [-0.2, 0) is 6.54 Å². The minimum atomic E-state index is -0.381. The van der Waals surface area contributed by atoms with Gasteiger partial charge in [-0.3, -0.25) is 9.36 Å². The van der Waals surface area contributed by atoms with Crippen molar-refractivity contribution in [2.24, 2.45) is 0 Å². The van der Waals surface area contributed by atoms with Gasteiger partial charge in [0.15, 0.2) is 5.65 Å². The number of fused-ring (bicyclic) bond motifs is 2. The Morgan fingerprint density at radius 1 is 0.944 bits per heavy atom. The average molecular weight is 477 g/mol. The molecular formula is C28H21FN6O. The molecule has 36 heavy (non-hydrogen) atoms. The Bertz CT molecular complexity index is 1840. The number of hydrogen-bond donors (Lipinski definition) is 1. The number of para-hydroxylation sites is 1. The van der Waals surface area contributed by atoms with Gasteiger partial charge in [0.05, 0.1) is 17.6 Å². The smallest absolute Gasteiger partial charge is 0.263 e. The predicted molar refractivity (Wildman–Crippen MR) is 139 cm³/mol. The average Bonchev–Trinajstić information content (AvgIpc) is 3.25. The Kier molecular flexibility index (Phi) is 5.07. The number of nitrogens with two attached hydrogens (primary N) is 1. The van der Waals surface area contributed by atoms with E-state index in [1.54, 1.807) is 21.4 Å². The Balaban J connectivity index is 1.61. The molecule has 0 unspecified atom stereocenters. The van der Waals surface area contributed by atoms with Gasteiger partial charge in [-0.15, -0.1) is 0 Å². The van der Waals surface area contributed by atoms with E-state index in [0.29, 0.717) is 27.7 Å². The predicted octanol–water partition coefficient (Wildman–Crippen LogP) is 4.88. The molecule has 2 N–H and O–H groups in total. The van der Waals surface area contributed by atoms with Crippen molar-refractivity contribution in [3.05, 3.63) is 113 Å². The number of nitrogen functional groups attached to an aromatic ring is 1. The lowest BCUT2D eigenvalue weighted by Crippen LogP contribution is -2.24. The van der Waals surface area contributed by atoms with Crippen molar-refractivity contribution >= 4 is 27.6 Å². The van der Waals surface area contributed by atoms with E-state index in [9.17, 15) is 9.18 Å². The monoisotopic (exact) mass is 476 g/mol. The number of halogens is 1. The maximum absolute atomic E-state index is 14.0. The van der Waals surface area contributed by atoms with Gasteiger partial charge in [-0.05, 0) is 48.2 Å². The third kappa shape index (κ3) is 3.51. The Labute approximate surface area is 205 Å². The molecule has 3 aromatic heterocycles. The highest BCUT2D eigenvalue weighted by molar-refractivity contribution is 5.98. The normalized spacial score (nSPS) is 11.4. The van der Waals surface area contributed by atoms with Gasteiger partial charge in [0.2, 0.25) is 0 Å². The van der Waals surface area contributed by atoms with E-state index in [1.807, 2.05) is 61.5 Å².